The van der Waals surface area contributed by atoms with Crippen molar-refractivity contribution >= 4 is 34.4 Å². The van der Waals surface area contributed by atoms with Crippen molar-refractivity contribution in [2.75, 3.05) is 21.3 Å². The number of methoxy groups -OCH3 is 3. The molecule has 0 bridgehead atoms. The highest BCUT2D eigenvalue weighted by Gasteiger charge is 2.23. The highest BCUT2D eigenvalue weighted by Crippen LogP contribution is 2.36. The molecule has 0 aliphatic carbocycles. The standard InChI is InChI=1S/C28H25ClN2O6/c1-34-25-15-21-22(16-26(25)35-2)30-12-11-24(21)37-20-9-7-17(8-10-20)13-23(28(33)36-3)31-27(32)18-5-4-6-19(29)14-18/h4-12,14-16,23H,13H2,1-3H3,(H,31,32). The van der Waals surface area contributed by atoms with Crippen LogP contribution in [0.2, 0.25) is 5.02 Å². The fourth-order valence-electron chi connectivity index (χ4n) is 3.80. The summed E-state index contributed by atoms with van der Waals surface area (Å²) in [7, 11) is 4.42. The van der Waals surface area contributed by atoms with Crippen LogP contribution in [-0.2, 0) is 16.0 Å². The number of rotatable bonds is 9. The van der Waals surface area contributed by atoms with Gasteiger partial charge in [-0.1, -0.05) is 29.8 Å². The Labute approximate surface area is 219 Å². The van der Waals surface area contributed by atoms with Gasteiger partial charge in [-0.15, -0.1) is 0 Å². The van der Waals surface area contributed by atoms with Gasteiger partial charge in [-0.05, 0) is 48.0 Å². The van der Waals surface area contributed by atoms with E-state index in [1.165, 1.54) is 13.2 Å². The maximum atomic E-state index is 12.6. The molecule has 0 aliphatic heterocycles. The van der Waals surface area contributed by atoms with E-state index in [4.69, 9.17) is 30.5 Å². The molecule has 3 aromatic carbocycles. The molecule has 8 nitrogen and oxygen atoms in total. The second kappa shape index (κ2) is 11.6. The number of halogens is 1. The summed E-state index contributed by atoms with van der Waals surface area (Å²) in [6.07, 6.45) is 1.88. The van der Waals surface area contributed by atoms with Crippen molar-refractivity contribution in [2.24, 2.45) is 0 Å². The number of benzene rings is 3. The first-order valence-electron chi connectivity index (χ1n) is 11.3. The van der Waals surface area contributed by atoms with E-state index in [0.29, 0.717) is 39.1 Å². The summed E-state index contributed by atoms with van der Waals surface area (Å²) in [5, 5.41) is 3.91. The third-order valence-electron chi connectivity index (χ3n) is 5.68. The van der Waals surface area contributed by atoms with Gasteiger partial charge < -0.3 is 24.3 Å². The Hall–Kier alpha value is -4.30. The van der Waals surface area contributed by atoms with Gasteiger partial charge in [0.05, 0.1) is 26.8 Å². The van der Waals surface area contributed by atoms with Gasteiger partial charge in [0.15, 0.2) is 11.5 Å². The Morgan fingerprint density at radius 1 is 0.919 bits per heavy atom. The normalized spacial score (nSPS) is 11.5. The number of fused-ring (bicyclic) bond motifs is 1. The van der Waals surface area contributed by atoms with Crippen LogP contribution in [-0.4, -0.2) is 44.2 Å². The first-order valence-corrected chi connectivity index (χ1v) is 11.7. The fraction of sp³-hybridized carbons (Fsp3) is 0.179. The summed E-state index contributed by atoms with van der Waals surface area (Å²) >= 11 is 5.98. The van der Waals surface area contributed by atoms with Crippen molar-refractivity contribution < 1.29 is 28.5 Å². The Bertz CT molecular complexity index is 1420. The molecule has 0 saturated carbocycles. The van der Waals surface area contributed by atoms with E-state index in [9.17, 15) is 9.59 Å². The van der Waals surface area contributed by atoms with Crippen LogP contribution in [0.5, 0.6) is 23.0 Å². The van der Waals surface area contributed by atoms with Crippen molar-refractivity contribution in [1.82, 2.24) is 10.3 Å². The van der Waals surface area contributed by atoms with Gasteiger partial charge in [-0.2, -0.15) is 0 Å². The minimum Gasteiger partial charge on any atom is -0.493 e. The van der Waals surface area contributed by atoms with Crippen LogP contribution in [0.25, 0.3) is 10.9 Å². The van der Waals surface area contributed by atoms with E-state index < -0.39 is 17.9 Å². The van der Waals surface area contributed by atoms with Crippen LogP contribution < -0.4 is 19.5 Å². The number of hydrogen-bond donors (Lipinski definition) is 1. The maximum Gasteiger partial charge on any atom is 0.328 e. The van der Waals surface area contributed by atoms with Gasteiger partial charge >= 0.3 is 5.97 Å². The number of carbonyl (C=O) groups excluding carboxylic acids is 2. The van der Waals surface area contributed by atoms with E-state index in [1.54, 1.807) is 62.9 Å². The lowest BCUT2D eigenvalue weighted by Gasteiger charge is -2.17. The van der Waals surface area contributed by atoms with E-state index in [-0.39, 0.29) is 6.42 Å². The highest BCUT2D eigenvalue weighted by atomic mass is 35.5. The minimum absolute atomic E-state index is 0.231. The largest absolute Gasteiger partial charge is 0.493 e. The summed E-state index contributed by atoms with van der Waals surface area (Å²) < 4.78 is 21.8. The molecule has 190 valence electrons. The molecule has 1 N–H and O–H groups in total. The zero-order chi connectivity index (χ0) is 26.4. The zero-order valence-electron chi connectivity index (χ0n) is 20.5. The van der Waals surface area contributed by atoms with Gasteiger partial charge in [0.1, 0.15) is 17.5 Å². The van der Waals surface area contributed by atoms with Crippen LogP contribution in [0.1, 0.15) is 15.9 Å². The lowest BCUT2D eigenvalue weighted by Crippen LogP contribution is -2.43. The molecule has 1 aromatic heterocycles. The SMILES string of the molecule is COC(=O)C(Cc1ccc(Oc2ccnc3cc(OC)c(OC)cc23)cc1)NC(=O)c1cccc(Cl)c1. The molecule has 0 fully saturated rings. The fourth-order valence-corrected chi connectivity index (χ4v) is 3.99. The predicted molar refractivity (Wildman–Crippen MR) is 140 cm³/mol. The van der Waals surface area contributed by atoms with Gasteiger partial charge in [0.25, 0.3) is 5.91 Å². The van der Waals surface area contributed by atoms with E-state index in [0.717, 1.165) is 10.9 Å². The van der Waals surface area contributed by atoms with Crippen molar-refractivity contribution in [3.05, 3.63) is 89.1 Å². The van der Waals surface area contributed by atoms with E-state index >= 15 is 0 Å². The summed E-state index contributed by atoms with van der Waals surface area (Å²) in [5.41, 5.74) is 1.85. The number of pyridine rings is 1. The van der Waals surface area contributed by atoms with Crippen LogP contribution in [0.4, 0.5) is 0 Å². The predicted octanol–water partition coefficient (Wildman–Crippen LogP) is 5.21. The second-order valence-electron chi connectivity index (χ2n) is 8.04. The number of amides is 1. The molecule has 4 rings (SSSR count). The molecular weight excluding hydrogens is 496 g/mol. The van der Waals surface area contributed by atoms with Crippen molar-refractivity contribution in [3.8, 4) is 23.0 Å². The average Bonchev–Trinajstić information content (AvgIpc) is 2.92. The molecule has 37 heavy (non-hydrogen) atoms. The smallest absolute Gasteiger partial charge is 0.328 e. The van der Waals surface area contributed by atoms with Gasteiger partial charge in [-0.3, -0.25) is 9.78 Å². The maximum absolute atomic E-state index is 12.6. The van der Waals surface area contributed by atoms with Crippen molar-refractivity contribution in [2.45, 2.75) is 12.5 Å². The minimum atomic E-state index is -0.880. The lowest BCUT2D eigenvalue weighted by molar-refractivity contribution is -0.142. The summed E-state index contributed by atoms with van der Waals surface area (Å²) in [6, 6.07) is 18.2. The van der Waals surface area contributed by atoms with E-state index in [2.05, 4.69) is 10.3 Å². The number of nitrogens with one attached hydrogen (secondary N) is 1. The molecule has 9 heteroatoms. The molecule has 1 unspecified atom stereocenters. The third-order valence-corrected chi connectivity index (χ3v) is 5.91. The van der Waals surface area contributed by atoms with Crippen molar-refractivity contribution in [1.29, 1.82) is 0 Å². The number of aromatic nitrogens is 1. The van der Waals surface area contributed by atoms with Crippen LogP contribution in [0.15, 0.2) is 72.9 Å². The van der Waals surface area contributed by atoms with Crippen LogP contribution >= 0.6 is 11.6 Å². The molecule has 0 radical (unpaired) electrons. The Kier molecular flexibility index (Phi) is 8.10. The number of esters is 1. The molecule has 1 atom stereocenters. The molecule has 1 amide bonds. The number of nitrogens with zero attached hydrogens (tertiary/aromatic N) is 1. The van der Waals surface area contributed by atoms with Crippen LogP contribution in [0, 0.1) is 0 Å². The summed E-state index contributed by atoms with van der Waals surface area (Å²) in [4.78, 5) is 29.4. The first-order chi connectivity index (χ1) is 17.9. The first kappa shape index (κ1) is 25.8. The molecule has 1 heterocycles. The number of hydrogen-bond acceptors (Lipinski definition) is 7. The quantitative estimate of drug-likeness (QED) is 0.302. The number of ether oxygens (including phenoxy) is 4. The second-order valence-corrected chi connectivity index (χ2v) is 8.48. The third kappa shape index (κ3) is 6.10. The van der Waals surface area contributed by atoms with Gasteiger partial charge in [0.2, 0.25) is 0 Å². The molecular formula is C28H25ClN2O6. The highest BCUT2D eigenvalue weighted by molar-refractivity contribution is 6.31. The van der Waals surface area contributed by atoms with Gasteiger partial charge in [0, 0.05) is 34.7 Å². The topological polar surface area (TPSA) is 96.0 Å². The zero-order valence-corrected chi connectivity index (χ0v) is 21.2. The molecule has 4 aromatic rings. The Balaban J connectivity index is 1.50. The van der Waals surface area contributed by atoms with Gasteiger partial charge in [-0.25, -0.2) is 4.79 Å². The average molecular weight is 521 g/mol. The van der Waals surface area contributed by atoms with Crippen LogP contribution in [0.3, 0.4) is 0 Å². The summed E-state index contributed by atoms with van der Waals surface area (Å²) in [5.74, 6) is 1.35. The molecule has 0 spiro atoms. The monoisotopic (exact) mass is 520 g/mol. The Morgan fingerprint density at radius 2 is 1.65 bits per heavy atom. The van der Waals surface area contributed by atoms with E-state index in [1.807, 2.05) is 18.2 Å². The Morgan fingerprint density at radius 3 is 2.32 bits per heavy atom. The molecule has 0 aliphatic rings. The number of carbonyl (C=O) groups is 2. The molecule has 0 saturated heterocycles. The van der Waals surface area contributed by atoms with Crippen molar-refractivity contribution in [3.63, 3.8) is 0 Å². The summed E-state index contributed by atoms with van der Waals surface area (Å²) in [6.45, 7) is 0. The lowest BCUT2D eigenvalue weighted by atomic mass is 10.0.